The van der Waals surface area contributed by atoms with E-state index >= 15 is 0 Å². The van der Waals surface area contributed by atoms with E-state index in [2.05, 4.69) is 25.4 Å². The van der Waals surface area contributed by atoms with E-state index in [9.17, 15) is 0 Å². The third kappa shape index (κ3) is 2.60. The number of amidine groups is 1. The first-order chi connectivity index (χ1) is 6.79. The van der Waals surface area contributed by atoms with Crippen molar-refractivity contribution in [3.8, 4) is 0 Å². The molecule has 0 radical (unpaired) electrons. The van der Waals surface area contributed by atoms with E-state index in [1.54, 1.807) is 0 Å². The standard InChI is InChI=1S/C6H11N5O2S/c1-8-2-3-14-6-4(5(7)9-12)10-13-11-6/h8,12H,2-3H2,1H3,(H2,7,9). The van der Waals surface area contributed by atoms with Crippen LogP contribution in [0.1, 0.15) is 5.69 Å². The summed E-state index contributed by atoms with van der Waals surface area (Å²) in [6.07, 6.45) is 0. The Labute approximate surface area is 84.7 Å². The Kier molecular flexibility index (Phi) is 4.20. The van der Waals surface area contributed by atoms with E-state index in [1.807, 2.05) is 7.05 Å². The van der Waals surface area contributed by atoms with Crippen LogP contribution in [0.15, 0.2) is 14.8 Å². The fraction of sp³-hybridized carbons (Fsp3) is 0.500. The highest BCUT2D eigenvalue weighted by molar-refractivity contribution is 7.99. The molecule has 1 aromatic heterocycles. The fourth-order valence-corrected chi connectivity index (χ4v) is 1.59. The average Bonchev–Trinajstić information content (AvgIpc) is 2.65. The molecular formula is C6H11N5O2S. The lowest BCUT2D eigenvalue weighted by atomic mass is 10.4. The molecule has 0 aliphatic rings. The molecule has 8 heteroatoms. The zero-order chi connectivity index (χ0) is 10.4. The molecular weight excluding hydrogens is 206 g/mol. The summed E-state index contributed by atoms with van der Waals surface area (Å²) in [5.74, 6) is 0.703. The second-order valence-electron chi connectivity index (χ2n) is 2.36. The zero-order valence-corrected chi connectivity index (χ0v) is 8.41. The number of hydrogen-bond acceptors (Lipinski definition) is 7. The van der Waals surface area contributed by atoms with Crippen LogP contribution in [0.25, 0.3) is 0 Å². The van der Waals surface area contributed by atoms with E-state index in [-0.39, 0.29) is 11.5 Å². The van der Waals surface area contributed by atoms with Crippen molar-refractivity contribution in [2.24, 2.45) is 10.9 Å². The van der Waals surface area contributed by atoms with Crippen LogP contribution in [0.3, 0.4) is 0 Å². The van der Waals surface area contributed by atoms with Crippen molar-refractivity contribution in [3.63, 3.8) is 0 Å². The molecule has 0 bridgehead atoms. The van der Waals surface area contributed by atoms with Gasteiger partial charge in [-0.3, -0.25) is 0 Å². The first kappa shape index (κ1) is 10.8. The Morgan fingerprint density at radius 3 is 3.14 bits per heavy atom. The van der Waals surface area contributed by atoms with Crippen molar-refractivity contribution in [1.82, 2.24) is 15.6 Å². The summed E-state index contributed by atoms with van der Waals surface area (Å²) in [4.78, 5) is 0. The Morgan fingerprint density at radius 1 is 1.71 bits per heavy atom. The number of thioether (sulfide) groups is 1. The van der Waals surface area contributed by atoms with Gasteiger partial charge >= 0.3 is 0 Å². The van der Waals surface area contributed by atoms with Crippen LogP contribution in [0.2, 0.25) is 0 Å². The van der Waals surface area contributed by atoms with Gasteiger partial charge in [-0.15, -0.1) is 0 Å². The molecule has 0 amide bonds. The van der Waals surface area contributed by atoms with Gasteiger partial charge in [0.1, 0.15) is 0 Å². The lowest BCUT2D eigenvalue weighted by molar-refractivity contribution is 0.296. The van der Waals surface area contributed by atoms with Gasteiger partial charge in [-0.2, -0.15) is 0 Å². The fourth-order valence-electron chi connectivity index (χ4n) is 0.729. The van der Waals surface area contributed by atoms with Gasteiger partial charge < -0.3 is 16.3 Å². The Balaban J connectivity index is 2.63. The SMILES string of the molecule is CNCCSc1nonc1/C(N)=N/O. The number of nitrogens with zero attached hydrogens (tertiary/aromatic N) is 3. The van der Waals surface area contributed by atoms with E-state index < -0.39 is 0 Å². The summed E-state index contributed by atoms with van der Waals surface area (Å²) in [6, 6.07) is 0. The molecule has 0 saturated heterocycles. The van der Waals surface area contributed by atoms with Gasteiger partial charge in [0.25, 0.3) is 0 Å². The first-order valence-corrected chi connectivity index (χ1v) is 4.86. The number of hydrogen-bond donors (Lipinski definition) is 3. The van der Waals surface area contributed by atoms with Gasteiger partial charge in [-0.05, 0) is 17.4 Å². The van der Waals surface area contributed by atoms with Crippen molar-refractivity contribution < 1.29 is 9.84 Å². The summed E-state index contributed by atoms with van der Waals surface area (Å²) in [7, 11) is 1.85. The molecule has 0 aliphatic heterocycles. The summed E-state index contributed by atoms with van der Waals surface area (Å²) in [5.41, 5.74) is 5.62. The van der Waals surface area contributed by atoms with Crippen LogP contribution in [-0.2, 0) is 0 Å². The second kappa shape index (κ2) is 5.45. The molecule has 1 aromatic rings. The highest BCUT2D eigenvalue weighted by atomic mass is 32.2. The lowest BCUT2D eigenvalue weighted by Gasteiger charge is -1.97. The molecule has 1 rings (SSSR count). The largest absolute Gasteiger partial charge is 0.409 e. The number of rotatable bonds is 5. The van der Waals surface area contributed by atoms with E-state index in [0.717, 1.165) is 12.3 Å². The number of aromatic nitrogens is 2. The maximum absolute atomic E-state index is 8.43. The minimum atomic E-state index is -0.0989. The number of nitrogens with one attached hydrogen (secondary N) is 1. The molecule has 0 saturated carbocycles. The molecule has 0 spiro atoms. The van der Waals surface area contributed by atoms with Crippen LogP contribution in [0.4, 0.5) is 0 Å². The zero-order valence-electron chi connectivity index (χ0n) is 7.60. The van der Waals surface area contributed by atoms with Crippen molar-refractivity contribution >= 4 is 17.6 Å². The maximum atomic E-state index is 8.43. The highest BCUT2D eigenvalue weighted by Gasteiger charge is 2.14. The molecule has 0 aromatic carbocycles. The van der Waals surface area contributed by atoms with E-state index in [4.69, 9.17) is 10.9 Å². The van der Waals surface area contributed by atoms with Gasteiger partial charge in [0.05, 0.1) is 0 Å². The highest BCUT2D eigenvalue weighted by Crippen LogP contribution is 2.17. The van der Waals surface area contributed by atoms with Gasteiger partial charge in [-0.25, -0.2) is 4.63 Å². The van der Waals surface area contributed by atoms with Crippen molar-refractivity contribution in [1.29, 1.82) is 0 Å². The van der Waals surface area contributed by atoms with Crippen molar-refractivity contribution in [2.45, 2.75) is 5.03 Å². The predicted octanol–water partition coefficient (Wildman–Crippen LogP) is -0.524. The van der Waals surface area contributed by atoms with Crippen LogP contribution in [0, 0.1) is 0 Å². The van der Waals surface area contributed by atoms with E-state index in [0.29, 0.717) is 5.03 Å². The third-order valence-corrected chi connectivity index (χ3v) is 2.35. The molecule has 0 unspecified atom stereocenters. The molecule has 0 fully saturated rings. The molecule has 7 nitrogen and oxygen atoms in total. The molecule has 14 heavy (non-hydrogen) atoms. The van der Waals surface area contributed by atoms with Crippen LogP contribution >= 0.6 is 11.8 Å². The average molecular weight is 217 g/mol. The smallest absolute Gasteiger partial charge is 0.195 e. The van der Waals surface area contributed by atoms with Gasteiger partial charge in [0.2, 0.25) is 0 Å². The second-order valence-corrected chi connectivity index (χ2v) is 3.44. The quantitative estimate of drug-likeness (QED) is 0.152. The van der Waals surface area contributed by atoms with E-state index in [1.165, 1.54) is 11.8 Å². The van der Waals surface area contributed by atoms with Crippen LogP contribution in [-0.4, -0.2) is 40.7 Å². The number of oxime groups is 1. The van der Waals surface area contributed by atoms with Gasteiger partial charge in [0, 0.05) is 12.3 Å². The van der Waals surface area contributed by atoms with Gasteiger partial charge in [-0.1, -0.05) is 16.9 Å². The van der Waals surface area contributed by atoms with Crippen LogP contribution < -0.4 is 11.1 Å². The molecule has 4 N–H and O–H groups in total. The maximum Gasteiger partial charge on any atom is 0.195 e. The van der Waals surface area contributed by atoms with Crippen LogP contribution in [0.5, 0.6) is 0 Å². The van der Waals surface area contributed by atoms with Crippen molar-refractivity contribution in [2.75, 3.05) is 19.3 Å². The molecule has 0 aliphatic carbocycles. The Hall–Kier alpha value is -1.28. The number of nitrogens with two attached hydrogens (primary N) is 1. The third-order valence-electron chi connectivity index (χ3n) is 1.40. The summed E-state index contributed by atoms with van der Waals surface area (Å²) >= 11 is 1.42. The minimum absolute atomic E-state index is 0.0989. The topological polar surface area (TPSA) is 110 Å². The molecule has 78 valence electrons. The molecule has 0 atom stereocenters. The van der Waals surface area contributed by atoms with Gasteiger partial charge in [0.15, 0.2) is 16.6 Å². The first-order valence-electron chi connectivity index (χ1n) is 3.87. The van der Waals surface area contributed by atoms with Crippen molar-refractivity contribution in [3.05, 3.63) is 5.69 Å². The summed E-state index contributed by atoms with van der Waals surface area (Å²) < 4.78 is 4.49. The normalized spacial score (nSPS) is 11.9. The molecule has 1 heterocycles. The summed E-state index contributed by atoms with van der Waals surface area (Å²) in [5, 5.41) is 21.9. The summed E-state index contributed by atoms with van der Waals surface area (Å²) in [6.45, 7) is 0.827. The lowest BCUT2D eigenvalue weighted by Crippen LogP contribution is -2.15. The Morgan fingerprint density at radius 2 is 2.50 bits per heavy atom. The minimum Gasteiger partial charge on any atom is -0.409 e. The Bertz CT molecular complexity index is 313. The predicted molar refractivity (Wildman–Crippen MR) is 51.5 cm³/mol. The monoisotopic (exact) mass is 217 g/mol.